The number of carbonyl (C=O) groups is 1. The van der Waals surface area contributed by atoms with E-state index in [0.29, 0.717) is 29.6 Å². The van der Waals surface area contributed by atoms with Gasteiger partial charge in [-0.25, -0.2) is 0 Å². The molecule has 0 saturated carbocycles. The van der Waals surface area contributed by atoms with E-state index in [1.165, 1.54) is 0 Å². The number of carbonyl (C=O) groups excluding carboxylic acids is 1. The van der Waals surface area contributed by atoms with Crippen molar-refractivity contribution < 1.29 is 14.1 Å². The van der Waals surface area contributed by atoms with Crippen LogP contribution in [0.5, 0.6) is 5.75 Å². The van der Waals surface area contributed by atoms with Gasteiger partial charge >= 0.3 is 0 Å². The molecule has 1 aliphatic heterocycles. The van der Waals surface area contributed by atoms with Gasteiger partial charge < -0.3 is 14.2 Å². The number of benzene rings is 2. The van der Waals surface area contributed by atoms with Crippen LogP contribution in [0.1, 0.15) is 18.9 Å². The van der Waals surface area contributed by atoms with Crippen molar-refractivity contribution in [3.63, 3.8) is 0 Å². The highest BCUT2D eigenvalue weighted by Gasteiger charge is 2.25. The molecule has 0 unspecified atom stereocenters. The maximum Gasteiger partial charge on any atom is 0.265 e. The minimum Gasteiger partial charge on any atom is -0.482 e. The maximum atomic E-state index is 12.2. The molecule has 1 aromatic heterocycles. The molecule has 7 heteroatoms. The topological polar surface area (TPSA) is 92.3 Å². The number of rotatable bonds is 4. The summed E-state index contributed by atoms with van der Waals surface area (Å²) >= 11 is 0. The highest BCUT2D eigenvalue weighted by molar-refractivity contribution is 5.98. The first-order valence-corrected chi connectivity index (χ1v) is 8.61. The van der Waals surface area contributed by atoms with Gasteiger partial charge in [0.05, 0.1) is 17.3 Å². The van der Waals surface area contributed by atoms with E-state index in [1.54, 1.807) is 29.2 Å². The van der Waals surface area contributed by atoms with Gasteiger partial charge in [-0.2, -0.15) is 10.2 Å². The van der Waals surface area contributed by atoms with Gasteiger partial charge in [0.1, 0.15) is 5.75 Å². The molecule has 3 aromatic rings. The summed E-state index contributed by atoms with van der Waals surface area (Å²) in [4.78, 5) is 18.3. The van der Waals surface area contributed by atoms with E-state index in [0.717, 1.165) is 23.2 Å². The number of hydrogen-bond donors (Lipinski definition) is 0. The molecular weight excluding hydrogens is 344 g/mol. The SMILES string of the molecule is CCCN1C(=O)COc2ccc(-c3noc(-c4ccc(C#N)cc4)n3)cc21. The quantitative estimate of drug-likeness (QED) is 0.708. The van der Waals surface area contributed by atoms with Crippen molar-refractivity contribution in [2.24, 2.45) is 0 Å². The maximum absolute atomic E-state index is 12.2. The molecule has 4 rings (SSSR count). The summed E-state index contributed by atoms with van der Waals surface area (Å²) in [6.45, 7) is 2.70. The van der Waals surface area contributed by atoms with Crippen molar-refractivity contribution in [3.8, 4) is 34.7 Å². The second-order valence-electron chi connectivity index (χ2n) is 6.13. The lowest BCUT2D eigenvalue weighted by Crippen LogP contribution is -2.39. The number of nitrogens with zero attached hydrogens (tertiary/aromatic N) is 4. The molecule has 134 valence electrons. The largest absolute Gasteiger partial charge is 0.482 e. The second kappa shape index (κ2) is 6.92. The Morgan fingerprint density at radius 3 is 2.70 bits per heavy atom. The minimum atomic E-state index is -0.0621. The third-order valence-electron chi connectivity index (χ3n) is 4.29. The zero-order valence-electron chi connectivity index (χ0n) is 14.7. The van der Waals surface area contributed by atoms with Gasteiger partial charge in [0.2, 0.25) is 5.82 Å². The predicted octanol–water partition coefficient (Wildman–Crippen LogP) is 3.41. The van der Waals surface area contributed by atoms with Crippen LogP contribution in [-0.4, -0.2) is 29.2 Å². The Morgan fingerprint density at radius 2 is 1.96 bits per heavy atom. The van der Waals surface area contributed by atoms with Crippen LogP contribution in [0, 0.1) is 11.3 Å². The highest BCUT2D eigenvalue weighted by atomic mass is 16.5. The normalized spacial score (nSPS) is 13.0. The van der Waals surface area contributed by atoms with Crippen LogP contribution in [0.25, 0.3) is 22.8 Å². The summed E-state index contributed by atoms with van der Waals surface area (Å²) in [6.07, 6.45) is 0.848. The van der Waals surface area contributed by atoms with Crippen LogP contribution in [0.2, 0.25) is 0 Å². The summed E-state index contributed by atoms with van der Waals surface area (Å²) < 4.78 is 10.9. The molecule has 2 aromatic carbocycles. The van der Waals surface area contributed by atoms with E-state index in [4.69, 9.17) is 14.5 Å². The fraction of sp³-hybridized carbons (Fsp3) is 0.200. The van der Waals surface area contributed by atoms with Crippen LogP contribution in [0.3, 0.4) is 0 Å². The molecule has 7 nitrogen and oxygen atoms in total. The zero-order valence-corrected chi connectivity index (χ0v) is 14.7. The van der Waals surface area contributed by atoms with Crippen molar-refractivity contribution in [2.45, 2.75) is 13.3 Å². The lowest BCUT2D eigenvalue weighted by Gasteiger charge is -2.29. The van der Waals surface area contributed by atoms with Crippen LogP contribution in [0.15, 0.2) is 47.0 Å². The lowest BCUT2D eigenvalue weighted by molar-refractivity contribution is -0.121. The lowest BCUT2D eigenvalue weighted by atomic mass is 10.1. The predicted molar refractivity (Wildman–Crippen MR) is 98.0 cm³/mol. The van der Waals surface area contributed by atoms with Gasteiger partial charge in [0, 0.05) is 17.7 Å². The average molecular weight is 360 g/mol. The Hall–Kier alpha value is -3.66. The Labute approximate surface area is 155 Å². The van der Waals surface area contributed by atoms with Crippen molar-refractivity contribution >= 4 is 11.6 Å². The molecule has 0 aliphatic carbocycles. The summed E-state index contributed by atoms with van der Waals surface area (Å²) in [5.74, 6) is 1.40. The smallest absolute Gasteiger partial charge is 0.265 e. The molecule has 0 radical (unpaired) electrons. The van der Waals surface area contributed by atoms with E-state index in [-0.39, 0.29) is 12.5 Å². The summed E-state index contributed by atoms with van der Waals surface area (Å²) in [6, 6.07) is 14.5. The van der Waals surface area contributed by atoms with Crippen molar-refractivity contribution in [1.29, 1.82) is 5.26 Å². The average Bonchev–Trinajstić information content (AvgIpc) is 3.20. The first-order chi connectivity index (χ1) is 13.2. The molecule has 0 bridgehead atoms. The van der Waals surface area contributed by atoms with E-state index < -0.39 is 0 Å². The first kappa shape index (κ1) is 16.8. The summed E-state index contributed by atoms with van der Waals surface area (Å²) in [5, 5.41) is 12.9. The summed E-state index contributed by atoms with van der Waals surface area (Å²) in [7, 11) is 0. The molecule has 0 fully saturated rings. The number of anilines is 1. The van der Waals surface area contributed by atoms with Crippen molar-refractivity contribution in [2.75, 3.05) is 18.1 Å². The monoisotopic (exact) mass is 360 g/mol. The van der Waals surface area contributed by atoms with Gasteiger partial charge in [-0.3, -0.25) is 4.79 Å². The van der Waals surface area contributed by atoms with Crippen LogP contribution >= 0.6 is 0 Å². The molecule has 2 heterocycles. The van der Waals surface area contributed by atoms with E-state index in [9.17, 15) is 4.79 Å². The fourth-order valence-corrected chi connectivity index (χ4v) is 2.96. The Morgan fingerprint density at radius 1 is 1.19 bits per heavy atom. The second-order valence-corrected chi connectivity index (χ2v) is 6.13. The van der Waals surface area contributed by atoms with E-state index in [1.807, 2.05) is 25.1 Å². The number of aromatic nitrogens is 2. The summed E-state index contributed by atoms with van der Waals surface area (Å²) in [5.41, 5.74) is 2.75. The molecule has 0 atom stereocenters. The van der Waals surface area contributed by atoms with Crippen LogP contribution < -0.4 is 9.64 Å². The third-order valence-corrected chi connectivity index (χ3v) is 4.29. The Kier molecular flexibility index (Phi) is 4.30. The minimum absolute atomic E-state index is 0.0530. The number of hydrogen-bond acceptors (Lipinski definition) is 6. The highest BCUT2D eigenvalue weighted by Crippen LogP contribution is 2.36. The van der Waals surface area contributed by atoms with Gasteiger partial charge in [0.25, 0.3) is 11.8 Å². The first-order valence-electron chi connectivity index (χ1n) is 8.61. The number of fused-ring (bicyclic) bond motifs is 1. The van der Waals surface area contributed by atoms with E-state index in [2.05, 4.69) is 16.2 Å². The molecular formula is C20H16N4O3. The Balaban J connectivity index is 1.67. The van der Waals surface area contributed by atoms with Crippen LogP contribution in [-0.2, 0) is 4.79 Å². The van der Waals surface area contributed by atoms with E-state index >= 15 is 0 Å². The third kappa shape index (κ3) is 3.13. The molecule has 0 spiro atoms. The number of amides is 1. The van der Waals surface area contributed by atoms with Crippen LogP contribution in [0.4, 0.5) is 5.69 Å². The van der Waals surface area contributed by atoms with Gasteiger partial charge in [-0.05, 0) is 48.9 Å². The van der Waals surface area contributed by atoms with Gasteiger partial charge in [-0.15, -0.1) is 0 Å². The molecule has 27 heavy (non-hydrogen) atoms. The zero-order chi connectivity index (χ0) is 18.8. The molecule has 0 N–H and O–H groups in total. The fourth-order valence-electron chi connectivity index (χ4n) is 2.96. The van der Waals surface area contributed by atoms with Gasteiger partial charge in [0.15, 0.2) is 6.61 Å². The molecule has 1 amide bonds. The number of nitriles is 1. The standard InChI is InChI=1S/C20H16N4O3/c1-2-9-24-16-10-15(7-8-17(16)26-12-18(24)25)19-22-20(27-23-19)14-5-3-13(11-21)4-6-14/h3-8,10H,2,9,12H2,1H3. The van der Waals surface area contributed by atoms with Crippen molar-refractivity contribution in [1.82, 2.24) is 10.1 Å². The van der Waals surface area contributed by atoms with Gasteiger partial charge in [-0.1, -0.05) is 12.1 Å². The Bertz CT molecular complexity index is 1030. The molecule has 1 aliphatic rings. The number of ether oxygens (including phenoxy) is 1. The van der Waals surface area contributed by atoms with Crippen molar-refractivity contribution in [3.05, 3.63) is 48.0 Å². The molecule has 0 saturated heterocycles.